The summed E-state index contributed by atoms with van der Waals surface area (Å²) in [5.41, 5.74) is 8.56. The summed E-state index contributed by atoms with van der Waals surface area (Å²) in [5, 5.41) is 35.8. The molecule has 0 aliphatic rings. The molecule has 0 fully saturated rings. The Hall–Kier alpha value is -3.89. The first-order valence-electron chi connectivity index (χ1n) is 9.86. The van der Waals surface area contributed by atoms with Gasteiger partial charge in [-0.2, -0.15) is 10.5 Å². The van der Waals surface area contributed by atoms with Crippen LogP contribution in [0, 0.1) is 22.7 Å². The SMILES string of the molecule is CCc1ccc(-c2c(C#N)c(N)nc(SC/C([O-])=N\c3c[n+](C(C)C)no3)c2C#N)cc1. The summed E-state index contributed by atoms with van der Waals surface area (Å²) in [6.07, 6.45) is 2.40. The molecule has 0 unspecified atom stereocenters. The normalized spacial score (nSPS) is 11.4. The highest BCUT2D eigenvalue weighted by Crippen LogP contribution is 2.35. The number of pyridine rings is 1. The highest BCUT2D eigenvalue weighted by atomic mass is 32.2. The number of nitriles is 2. The molecule has 0 aliphatic carbocycles. The molecule has 0 aliphatic heterocycles. The molecule has 0 atom stereocenters. The van der Waals surface area contributed by atoms with Crippen molar-refractivity contribution in [2.24, 2.45) is 4.99 Å². The molecule has 162 valence electrons. The van der Waals surface area contributed by atoms with Crippen LogP contribution in [-0.4, -0.2) is 21.9 Å². The molecule has 3 rings (SSSR count). The smallest absolute Gasteiger partial charge is 0.320 e. The molecule has 1 aromatic carbocycles. The van der Waals surface area contributed by atoms with Gasteiger partial charge in [0.05, 0.1) is 5.56 Å². The van der Waals surface area contributed by atoms with E-state index in [0.29, 0.717) is 11.1 Å². The van der Waals surface area contributed by atoms with E-state index in [9.17, 15) is 15.6 Å². The number of benzene rings is 1. The number of nitrogens with two attached hydrogens (primary N) is 1. The van der Waals surface area contributed by atoms with Gasteiger partial charge in [0.2, 0.25) is 5.27 Å². The lowest BCUT2D eigenvalue weighted by molar-refractivity contribution is -0.779. The zero-order valence-corrected chi connectivity index (χ0v) is 18.7. The minimum absolute atomic E-state index is 0.00108. The average Bonchev–Trinajstić information content (AvgIpc) is 3.26. The van der Waals surface area contributed by atoms with E-state index in [1.54, 1.807) is 4.68 Å². The third-order valence-corrected chi connectivity index (χ3v) is 5.59. The number of hydrogen-bond donors (Lipinski definition) is 1. The quantitative estimate of drug-likeness (QED) is 0.251. The number of anilines is 1. The van der Waals surface area contributed by atoms with E-state index in [4.69, 9.17) is 10.3 Å². The van der Waals surface area contributed by atoms with Gasteiger partial charge in [0.15, 0.2) is 6.04 Å². The predicted molar refractivity (Wildman–Crippen MR) is 118 cm³/mol. The van der Waals surface area contributed by atoms with E-state index >= 15 is 0 Å². The first kappa shape index (κ1) is 22.8. The summed E-state index contributed by atoms with van der Waals surface area (Å²) < 4.78 is 6.58. The zero-order chi connectivity index (χ0) is 23.3. The van der Waals surface area contributed by atoms with E-state index in [-0.39, 0.29) is 39.6 Å². The molecule has 0 saturated heterocycles. The van der Waals surface area contributed by atoms with Gasteiger partial charge in [0, 0.05) is 11.3 Å². The van der Waals surface area contributed by atoms with Crippen LogP contribution in [0.3, 0.4) is 0 Å². The van der Waals surface area contributed by atoms with Gasteiger partial charge in [-0.3, -0.25) is 4.52 Å². The molecule has 2 N–H and O–H groups in total. The third kappa shape index (κ3) is 4.88. The Morgan fingerprint density at radius 2 is 1.94 bits per heavy atom. The summed E-state index contributed by atoms with van der Waals surface area (Å²) in [5.74, 6) is -0.483. The fourth-order valence-electron chi connectivity index (χ4n) is 2.93. The van der Waals surface area contributed by atoms with Crippen molar-refractivity contribution in [1.82, 2.24) is 10.3 Å². The van der Waals surface area contributed by atoms with Crippen molar-refractivity contribution in [3.63, 3.8) is 0 Å². The molecule has 2 aromatic heterocycles. The molecule has 0 amide bonds. The van der Waals surface area contributed by atoms with Crippen LogP contribution in [0.25, 0.3) is 11.1 Å². The van der Waals surface area contributed by atoms with Crippen molar-refractivity contribution in [2.75, 3.05) is 11.5 Å². The lowest BCUT2D eigenvalue weighted by atomic mass is 9.96. The summed E-state index contributed by atoms with van der Waals surface area (Å²) in [4.78, 5) is 8.09. The van der Waals surface area contributed by atoms with E-state index in [1.165, 1.54) is 6.20 Å². The monoisotopic (exact) mass is 447 g/mol. The van der Waals surface area contributed by atoms with E-state index < -0.39 is 5.90 Å². The van der Waals surface area contributed by atoms with Crippen LogP contribution in [0.4, 0.5) is 11.7 Å². The standard InChI is InChI=1S/C22H21N7O2S/c1-4-14-5-7-15(8-6-14)20-16(9-23)21(25)27-22(17(20)10-24)32-12-18(30)26-19-11-29(13(2)3)28-31-19/h5-8,11,13H,4,12H2,1-3H3,(H2-,25,26,27,28,30). The van der Waals surface area contributed by atoms with E-state index in [0.717, 1.165) is 23.7 Å². The van der Waals surface area contributed by atoms with Gasteiger partial charge in [0.1, 0.15) is 28.5 Å². The number of hydrogen-bond acceptors (Lipinski definition) is 9. The van der Waals surface area contributed by atoms with Crippen LogP contribution in [0.2, 0.25) is 0 Å². The Labute approximate surface area is 189 Å². The molecule has 9 nitrogen and oxygen atoms in total. The summed E-state index contributed by atoms with van der Waals surface area (Å²) in [6, 6.07) is 11.8. The average molecular weight is 448 g/mol. The topological polar surface area (TPSA) is 152 Å². The van der Waals surface area contributed by atoms with Gasteiger partial charge < -0.3 is 10.8 Å². The Bertz CT molecular complexity index is 1230. The molecule has 0 bridgehead atoms. The van der Waals surface area contributed by atoms with Crippen LogP contribution in [0.5, 0.6) is 0 Å². The minimum atomic E-state index is -0.482. The van der Waals surface area contributed by atoms with Crippen molar-refractivity contribution in [2.45, 2.75) is 38.3 Å². The molecular weight excluding hydrogens is 426 g/mol. The molecule has 0 spiro atoms. The van der Waals surface area contributed by atoms with Gasteiger partial charge in [-0.15, -0.1) is 0 Å². The van der Waals surface area contributed by atoms with E-state index in [2.05, 4.69) is 21.3 Å². The Balaban J connectivity index is 1.94. The largest absolute Gasteiger partial charge is 0.861 e. The number of nitrogen functional groups attached to an aromatic ring is 1. The van der Waals surface area contributed by atoms with Gasteiger partial charge in [0.25, 0.3) is 6.20 Å². The fraction of sp³-hybridized carbons (Fsp3) is 0.273. The third-order valence-electron chi connectivity index (χ3n) is 4.63. The number of thioether (sulfide) groups is 1. The number of aryl methyl sites for hydroxylation is 1. The molecule has 3 aromatic rings. The second-order valence-electron chi connectivity index (χ2n) is 7.11. The molecule has 32 heavy (non-hydrogen) atoms. The maximum Gasteiger partial charge on any atom is 0.320 e. The van der Waals surface area contributed by atoms with Crippen molar-refractivity contribution in [3.8, 4) is 23.3 Å². The summed E-state index contributed by atoms with van der Waals surface area (Å²) >= 11 is 1.03. The Kier molecular flexibility index (Phi) is 7.08. The number of rotatable bonds is 7. The highest BCUT2D eigenvalue weighted by Gasteiger charge is 2.20. The van der Waals surface area contributed by atoms with Crippen LogP contribution in [0.15, 0.2) is 45.0 Å². The van der Waals surface area contributed by atoms with Crippen LogP contribution < -0.4 is 15.5 Å². The second-order valence-corrected chi connectivity index (χ2v) is 8.07. The summed E-state index contributed by atoms with van der Waals surface area (Å²) in [6.45, 7) is 5.88. The molecular formula is C22H21N7O2S. The van der Waals surface area contributed by atoms with Crippen LogP contribution >= 0.6 is 11.8 Å². The van der Waals surface area contributed by atoms with Crippen LogP contribution in [-0.2, 0) is 6.42 Å². The second kappa shape index (κ2) is 9.94. The molecule has 0 saturated carbocycles. The van der Waals surface area contributed by atoms with Crippen molar-refractivity contribution < 1.29 is 14.3 Å². The molecule has 10 heteroatoms. The predicted octanol–water partition coefficient (Wildman–Crippen LogP) is 2.68. The van der Waals surface area contributed by atoms with Gasteiger partial charge >= 0.3 is 5.88 Å². The van der Waals surface area contributed by atoms with Gasteiger partial charge in [-0.25, -0.2) is 9.98 Å². The first-order valence-corrected chi connectivity index (χ1v) is 10.8. The lowest BCUT2D eigenvalue weighted by Gasteiger charge is -2.14. The zero-order valence-electron chi connectivity index (χ0n) is 17.9. The molecule has 2 heterocycles. The number of aliphatic imine (C=N–C) groups is 1. The number of aromatic nitrogens is 3. The van der Waals surface area contributed by atoms with E-state index in [1.807, 2.05) is 51.1 Å². The van der Waals surface area contributed by atoms with Gasteiger partial charge in [-0.1, -0.05) is 43.0 Å². The maximum atomic E-state index is 12.3. The molecule has 0 radical (unpaired) electrons. The minimum Gasteiger partial charge on any atom is -0.861 e. The van der Waals surface area contributed by atoms with Crippen LogP contribution in [0.1, 0.15) is 43.5 Å². The fourth-order valence-corrected chi connectivity index (χ4v) is 3.71. The van der Waals surface area contributed by atoms with Crippen molar-refractivity contribution in [1.29, 1.82) is 10.5 Å². The number of nitrogens with zero attached hydrogens (tertiary/aromatic N) is 6. The summed E-state index contributed by atoms with van der Waals surface area (Å²) in [7, 11) is 0. The first-order chi connectivity index (χ1) is 15.4. The van der Waals surface area contributed by atoms with Crippen molar-refractivity contribution >= 4 is 29.4 Å². The van der Waals surface area contributed by atoms with Crippen molar-refractivity contribution in [3.05, 3.63) is 47.2 Å². The Morgan fingerprint density at radius 3 is 2.50 bits per heavy atom. The lowest BCUT2D eigenvalue weighted by Crippen LogP contribution is -2.36. The van der Waals surface area contributed by atoms with Gasteiger partial charge in [-0.05, 0) is 42.0 Å². The Morgan fingerprint density at radius 1 is 1.25 bits per heavy atom. The highest BCUT2D eigenvalue weighted by molar-refractivity contribution is 8.00. The maximum absolute atomic E-state index is 12.3.